The predicted octanol–water partition coefficient (Wildman–Crippen LogP) is 5.08. The number of halogens is 5. The summed E-state index contributed by atoms with van der Waals surface area (Å²) in [5.41, 5.74) is 0.804. The monoisotopic (exact) mass is 480 g/mol. The summed E-state index contributed by atoms with van der Waals surface area (Å²) in [5.74, 6) is -13.4. The number of urea groups is 1. The van der Waals surface area contributed by atoms with Gasteiger partial charge in [0.2, 0.25) is 34.8 Å². The van der Waals surface area contributed by atoms with E-state index in [1.165, 1.54) is 25.3 Å². The zero-order valence-electron chi connectivity index (χ0n) is 17.5. The van der Waals surface area contributed by atoms with Gasteiger partial charge in [-0.15, -0.1) is 0 Å². The molecular formula is C23H17F5N2O4. The van der Waals surface area contributed by atoms with E-state index in [2.05, 4.69) is 10.6 Å². The van der Waals surface area contributed by atoms with E-state index in [1.54, 1.807) is 30.3 Å². The molecular weight excluding hydrogens is 463 g/mol. The molecule has 1 atom stereocenters. The Labute approximate surface area is 190 Å². The van der Waals surface area contributed by atoms with Crippen LogP contribution in [0.25, 0.3) is 0 Å². The Morgan fingerprint density at radius 2 is 1.47 bits per heavy atom. The van der Waals surface area contributed by atoms with E-state index in [0.717, 1.165) is 11.6 Å². The van der Waals surface area contributed by atoms with Crippen LogP contribution in [0.3, 0.4) is 0 Å². The van der Waals surface area contributed by atoms with Crippen molar-refractivity contribution in [3.05, 3.63) is 89.2 Å². The topological polar surface area (TPSA) is 76.7 Å². The normalized spacial score (nSPS) is 11.5. The fraction of sp³-hybridized carbons (Fsp3) is 0.130. The van der Waals surface area contributed by atoms with Crippen molar-refractivity contribution < 1.29 is 41.0 Å². The number of rotatable bonds is 7. The summed E-state index contributed by atoms with van der Waals surface area (Å²) < 4.78 is 77.3. The third kappa shape index (κ3) is 5.61. The van der Waals surface area contributed by atoms with Crippen molar-refractivity contribution >= 4 is 17.7 Å². The largest absolute Gasteiger partial charge is 0.467 e. The quantitative estimate of drug-likeness (QED) is 0.214. The lowest BCUT2D eigenvalue weighted by atomic mass is 10.1. The third-order valence-electron chi connectivity index (χ3n) is 4.56. The zero-order chi connectivity index (χ0) is 24.8. The molecule has 2 N–H and O–H groups in total. The summed E-state index contributed by atoms with van der Waals surface area (Å²) in [6.07, 6.45) is 0.143. The summed E-state index contributed by atoms with van der Waals surface area (Å²) in [7, 11) is 1.17. The van der Waals surface area contributed by atoms with Gasteiger partial charge in [-0.25, -0.2) is 22.8 Å². The number of nitrogens with one attached hydrogen (secondary N) is 2. The molecule has 11 heteroatoms. The number of methoxy groups -OCH3 is 1. The number of hydrogen-bond donors (Lipinski definition) is 2. The van der Waals surface area contributed by atoms with Crippen LogP contribution in [0.1, 0.15) is 5.56 Å². The molecule has 0 aliphatic rings. The first kappa shape index (κ1) is 24.5. The molecule has 3 aromatic carbocycles. The Morgan fingerprint density at radius 1 is 0.853 bits per heavy atom. The lowest BCUT2D eigenvalue weighted by Gasteiger charge is -2.17. The standard InChI is InChI=1S/C23H17F5N2O4/c1-33-22(31)15(10-12-6-3-2-4-7-12)30-23(32)29-13-8-5-9-14(11-13)34-21-19(27)17(25)16(24)18(26)20(21)28/h2-9,11,15H,10H2,1H3,(H2,29,30,32)/t15-/m0/s1. The number of esters is 1. The van der Waals surface area contributed by atoms with Gasteiger partial charge in [0.15, 0.2) is 0 Å². The first-order valence-corrected chi connectivity index (χ1v) is 9.69. The molecule has 34 heavy (non-hydrogen) atoms. The highest BCUT2D eigenvalue weighted by molar-refractivity contribution is 5.92. The fourth-order valence-corrected chi connectivity index (χ4v) is 2.94. The maximum Gasteiger partial charge on any atom is 0.328 e. The molecule has 0 heterocycles. The van der Waals surface area contributed by atoms with Crippen LogP contribution in [0, 0.1) is 29.1 Å². The van der Waals surface area contributed by atoms with E-state index in [1.807, 2.05) is 0 Å². The Hall–Kier alpha value is -4.15. The van der Waals surface area contributed by atoms with Crippen molar-refractivity contribution in [3.63, 3.8) is 0 Å². The molecule has 3 rings (SSSR count). The number of ether oxygens (including phenoxy) is 2. The van der Waals surface area contributed by atoms with Crippen molar-refractivity contribution in [2.24, 2.45) is 0 Å². The van der Waals surface area contributed by atoms with Crippen molar-refractivity contribution in [3.8, 4) is 11.5 Å². The van der Waals surface area contributed by atoms with Gasteiger partial charge >= 0.3 is 12.0 Å². The molecule has 0 fully saturated rings. The van der Waals surface area contributed by atoms with E-state index in [4.69, 9.17) is 9.47 Å². The number of hydrogen-bond acceptors (Lipinski definition) is 4. The van der Waals surface area contributed by atoms with Crippen molar-refractivity contribution in [2.75, 3.05) is 12.4 Å². The Morgan fingerprint density at radius 3 is 2.09 bits per heavy atom. The molecule has 0 aliphatic heterocycles. The molecule has 178 valence electrons. The van der Waals surface area contributed by atoms with Gasteiger partial charge in [-0.3, -0.25) is 0 Å². The molecule has 6 nitrogen and oxygen atoms in total. The lowest BCUT2D eigenvalue weighted by Crippen LogP contribution is -2.45. The molecule has 0 radical (unpaired) electrons. The van der Waals surface area contributed by atoms with Crippen LogP contribution in [0.5, 0.6) is 11.5 Å². The van der Waals surface area contributed by atoms with E-state index in [-0.39, 0.29) is 17.9 Å². The molecule has 0 aromatic heterocycles. The van der Waals surface area contributed by atoms with Crippen molar-refractivity contribution in [2.45, 2.75) is 12.5 Å². The first-order valence-electron chi connectivity index (χ1n) is 9.69. The summed E-state index contributed by atoms with van der Waals surface area (Å²) in [6.45, 7) is 0. The van der Waals surface area contributed by atoms with Gasteiger partial charge in [0.25, 0.3) is 0 Å². The van der Waals surface area contributed by atoms with Crippen LogP contribution in [-0.2, 0) is 16.0 Å². The molecule has 0 aliphatic carbocycles. The Balaban J connectivity index is 1.74. The molecule has 0 bridgehead atoms. The average molecular weight is 480 g/mol. The fourth-order valence-electron chi connectivity index (χ4n) is 2.94. The van der Waals surface area contributed by atoms with Gasteiger partial charge in [0, 0.05) is 18.2 Å². The van der Waals surface area contributed by atoms with Crippen molar-refractivity contribution in [1.82, 2.24) is 5.32 Å². The van der Waals surface area contributed by atoms with E-state index < -0.39 is 52.9 Å². The second-order valence-electron chi connectivity index (χ2n) is 6.89. The van der Waals surface area contributed by atoms with Gasteiger partial charge in [-0.2, -0.15) is 8.78 Å². The van der Waals surface area contributed by atoms with E-state index >= 15 is 0 Å². The van der Waals surface area contributed by atoms with Crippen LogP contribution in [0.2, 0.25) is 0 Å². The predicted molar refractivity (Wildman–Crippen MR) is 111 cm³/mol. The molecule has 0 unspecified atom stereocenters. The molecule has 0 saturated heterocycles. The third-order valence-corrected chi connectivity index (χ3v) is 4.56. The van der Waals surface area contributed by atoms with Crippen molar-refractivity contribution in [1.29, 1.82) is 0 Å². The highest BCUT2D eigenvalue weighted by atomic mass is 19.2. The van der Waals surface area contributed by atoms with Gasteiger partial charge in [-0.05, 0) is 17.7 Å². The highest BCUT2D eigenvalue weighted by Gasteiger charge is 2.27. The lowest BCUT2D eigenvalue weighted by molar-refractivity contribution is -0.142. The van der Waals surface area contributed by atoms with Gasteiger partial charge in [0.1, 0.15) is 11.8 Å². The molecule has 0 saturated carbocycles. The maximum absolute atomic E-state index is 13.9. The van der Waals surface area contributed by atoms with E-state index in [0.29, 0.717) is 0 Å². The average Bonchev–Trinajstić information content (AvgIpc) is 2.84. The minimum absolute atomic E-state index is 0.0437. The molecule has 0 spiro atoms. The van der Waals surface area contributed by atoms with Crippen LogP contribution in [0.15, 0.2) is 54.6 Å². The first-order chi connectivity index (χ1) is 16.2. The number of anilines is 1. The summed E-state index contributed by atoms with van der Waals surface area (Å²) in [4.78, 5) is 24.5. The summed E-state index contributed by atoms with van der Waals surface area (Å²) in [5, 5.41) is 4.84. The second-order valence-corrected chi connectivity index (χ2v) is 6.89. The van der Waals surface area contributed by atoms with Gasteiger partial charge in [0.05, 0.1) is 7.11 Å². The number of carbonyl (C=O) groups excluding carboxylic acids is 2. The number of amides is 2. The smallest absolute Gasteiger partial charge is 0.328 e. The molecule has 2 amide bonds. The zero-order valence-corrected chi connectivity index (χ0v) is 17.5. The summed E-state index contributed by atoms with van der Waals surface area (Å²) in [6, 6.07) is 11.9. The minimum atomic E-state index is -2.31. The van der Waals surface area contributed by atoms with Gasteiger partial charge in [-0.1, -0.05) is 36.4 Å². The maximum atomic E-state index is 13.9. The number of benzene rings is 3. The van der Waals surface area contributed by atoms with Crippen LogP contribution < -0.4 is 15.4 Å². The number of carbonyl (C=O) groups is 2. The Kier molecular flexibility index (Phi) is 7.67. The molecule has 3 aromatic rings. The summed E-state index contributed by atoms with van der Waals surface area (Å²) >= 11 is 0. The second kappa shape index (κ2) is 10.6. The van der Waals surface area contributed by atoms with Crippen LogP contribution in [0.4, 0.5) is 32.4 Å². The van der Waals surface area contributed by atoms with Crippen LogP contribution >= 0.6 is 0 Å². The van der Waals surface area contributed by atoms with Gasteiger partial charge < -0.3 is 20.1 Å². The highest BCUT2D eigenvalue weighted by Crippen LogP contribution is 2.33. The Bertz CT molecular complexity index is 1180. The van der Waals surface area contributed by atoms with Crippen LogP contribution in [-0.4, -0.2) is 25.2 Å². The van der Waals surface area contributed by atoms with E-state index in [9.17, 15) is 31.5 Å². The SMILES string of the molecule is COC(=O)[C@H](Cc1ccccc1)NC(=O)Nc1cccc(Oc2c(F)c(F)c(F)c(F)c2F)c1. The minimum Gasteiger partial charge on any atom is -0.467 e.